The molecule has 2 aliphatic heterocycles. The van der Waals surface area contributed by atoms with Crippen molar-refractivity contribution in [1.29, 1.82) is 0 Å². The quantitative estimate of drug-likeness (QED) is 0.224. The van der Waals surface area contributed by atoms with Gasteiger partial charge in [0.1, 0.15) is 0 Å². The molecular formula is C38H72AcN2O5. The first-order chi connectivity index (χ1) is 21.6. The number of allylic oxidation sites excluding steroid dienone is 2. The molecule has 2 heterocycles. The Labute approximate surface area is 319 Å². The standard InChI is InChI=1S/C20H37NO2.C18H35NO3.Ac/c1-4-5-14-17(2)20(23)19-18(22)15-12-10-8-6-7-9-11-13-16-21(19)3;1-15(12-14-20)18(22)17-16(21)11-9-7-5-3-4-6-8-10-13-19(17)2;/h4-5,17,19-20,23H,6-16H2,1-3H3;15,17-18,20,22H,3-14H2,1-2H3;/b5-4-;;/t17-,19-,20?;15-,17-,18?;/m11./s1. The van der Waals surface area contributed by atoms with Gasteiger partial charge in [0, 0.05) is 63.5 Å². The van der Waals surface area contributed by atoms with E-state index in [2.05, 4.69) is 11.0 Å². The molecular weight excluding hydrogens is 791 g/mol. The second-order valence-electron chi connectivity index (χ2n) is 14.2. The van der Waals surface area contributed by atoms with E-state index in [1.807, 2.05) is 45.8 Å². The molecule has 2 rings (SSSR count). The average molecular weight is 864 g/mol. The Hall–Kier alpha value is 0.322. The van der Waals surface area contributed by atoms with Crippen molar-refractivity contribution in [3.8, 4) is 0 Å². The van der Waals surface area contributed by atoms with Gasteiger partial charge in [0.25, 0.3) is 0 Å². The molecule has 1 radical (unpaired) electrons. The zero-order chi connectivity index (χ0) is 33.5. The molecule has 3 N–H and O–H groups in total. The van der Waals surface area contributed by atoms with Gasteiger partial charge in [-0.1, -0.05) is 103 Å². The first-order valence-electron chi connectivity index (χ1n) is 18.7. The van der Waals surface area contributed by atoms with Crippen LogP contribution in [0.1, 0.15) is 149 Å². The fraction of sp³-hybridized carbons (Fsp3) is 0.895. The van der Waals surface area contributed by atoms with Gasteiger partial charge in [0.15, 0.2) is 11.6 Å². The molecule has 0 aromatic rings. The molecule has 0 aromatic carbocycles. The Morgan fingerprint density at radius 3 is 1.37 bits per heavy atom. The predicted molar refractivity (Wildman–Crippen MR) is 187 cm³/mol. The molecule has 2 unspecified atom stereocenters. The van der Waals surface area contributed by atoms with E-state index >= 15 is 0 Å². The number of carbonyl (C=O) groups excluding carboxylic acids is 2. The average Bonchev–Trinajstić information content (AvgIpc) is 3.04. The molecule has 6 atom stereocenters. The number of hydrogen-bond donors (Lipinski definition) is 3. The number of aliphatic hydroxyl groups excluding tert-OH is 3. The Morgan fingerprint density at radius 2 is 1.00 bits per heavy atom. The van der Waals surface area contributed by atoms with Gasteiger partial charge in [-0.05, 0) is 84.5 Å². The Morgan fingerprint density at radius 1 is 0.652 bits per heavy atom. The minimum Gasteiger partial charge on any atom is -0.396 e. The SMILES string of the molecule is C/C=C\C[C@@H](C)C(O)[C@H]1C(=O)CCCCCCCCCCN1C.C[C@H](CCO)C(O)[C@H]1C(=O)CCCCCCCCCCN1C.[Ac]. The molecule has 267 valence electrons. The molecule has 2 saturated heterocycles. The van der Waals surface area contributed by atoms with Crippen molar-refractivity contribution >= 4 is 11.6 Å². The van der Waals surface area contributed by atoms with Gasteiger partial charge >= 0.3 is 0 Å². The molecule has 0 aliphatic carbocycles. The largest absolute Gasteiger partial charge is 0.396 e. The number of rotatable bonds is 8. The number of hydrogen-bond acceptors (Lipinski definition) is 7. The van der Waals surface area contributed by atoms with Crippen molar-refractivity contribution in [3.05, 3.63) is 12.2 Å². The predicted octanol–water partition coefficient (Wildman–Crippen LogP) is 7.10. The van der Waals surface area contributed by atoms with Gasteiger partial charge < -0.3 is 15.3 Å². The summed E-state index contributed by atoms with van der Waals surface area (Å²) in [7, 11) is 3.96. The molecule has 46 heavy (non-hydrogen) atoms. The zero-order valence-electron chi connectivity index (χ0n) is 30.5. The molecule has 2 fully saturated rings. The molecule has 0 bridgehead atoms. The van der Waals surface area contributed by atoms with Crippen molar-refractivity contribution in [2.75, 3.05) is 33.8 Å². The molecule has 7 nitrogen and oxygen atoms in total. The fourth-order valence-corrected chi connectivity index (χ4v) is 6.90. The number of aliphatic hydroxyl groups is 3. The molecule has 2 aliphatic rings. The fourth-order valence-electron chi connectivity index (χ4n) is 6.90. The van der Waals surface area contributed by atoms with Crippen LogP contribution in [0, 0.1) is 55.9 Å². The third kappa shape index (κ3) is 19.5. The van der Waals surface area contributed by atoms with Crippen molar-refractivity contribution in [3.63, 3.8) is 0 Å². The maximum absolute atomic E-state index is 12.7. The molecule has 0 amide bonds. The summed E-state index contributed by atoms with van der Waals surface area (Å²) in [5, 5.41) is 30.5. The second kappa shape index (κ2) is 29.1. The molecule has 0 aromatic heterocycles. The summed E-state index contributed by atoms with van der Waals surface area (Å²) < 4.78 is 0. The van der Waals surface area contributed by atoms with Crippen LogP contribution in [0.25, 0.3) is 0 Å². The normalized spacial score (nSPS) is 25.8. The summed E-state index contributed by atoms with van der Waals surface area (Å²) in [5.74, 6) is 0.445. The van der Waals surface area contributed by atoms with Crippen LogP contribution in [0.4, 0.5) is 0 Å². The van der Waals surface area contributed by atoms with Crippen molar-refractivity contribution in [2.45, 2.75) is 173 Å². The number of ketones is 2. The smallest absolute Gasteiger partial charge is 0.152 e. The number of likely N-dealkylation sites (N-methyl/N-ethyl adjacent to an activating group) is 2. The van der Waals surface area contributed by atoms with Crippen LogP contribution >= 0.6 is 0 Å². The molecule has 8 heteroatoms. The number of Topliss-reactive ketones (excluding diaryl/α,β-unsaturated/α-hetero) is 2. The van der Waals surface area contributed by atoms with Gasteiger partial charge in [-0.2, -0.15) is 0 Å². The molecule has 0 saturated carbocycles. The van der Waals surface area contributed by atoms with Crippen LogP contribution in [-0.4, -0.2) is 94.8 Å². The van der Waals surface area contributed by atoms with Crippen molar-refractivity contribution < 1.29 is 69.0 Å². The molecule has 0 spiro atoms. The summed E-state index contributed by atoms with van der Waals surface area (Å²) in [6.07, 6.45) is 24.4. The second-order valence-corrected chi connectivity index (χ2v) is 14.2. The maximum Gasteiger partial charge on any atom is 0.152 e. The van der Waals surface area contributed by atoms with Gasteiger partial charge in [-0.3, -0.25) is 19.4 Å². The van der Waals surface area contributed by atoms with E-state index in [1.165, 1.54) is 64.2 Å². The first kappa shape index (κ1) is 46.3. The van der Waals surface area contributed by atoms with E-state index in [-0.39, 0.29) is 80.1 Å². The Bertz CT molecular complexity index is 797. The monoisotopic (exact) mass is 864 g/mol. The van der Waals surface area contributed by atoms with E-state index in [9.17, 15) is 19.8 Å². The Balaban J connectivity index is 0.000000862. The van der Waals surface area contributed by atoms with E-state index in [1.54, 1.807) is 0 Å². The Kier molecular flexibility index (Phi) is 29.3. The van der Waals surface area contributed by atoms with Crippen LogP contribution in [-0.2, 0) is 9.59 Å². The van der Waals surface area contributed by atoms with Crippen LogP contribution in [0.5, 0.6) is 0 Å². The topological polar surface area (TPSA) is 101 Å². The van der Waals surface area contributed by atoms with E-state index in [0.29, 0.717) is 19.3 Å². The van der Waals surface area contributed by atoms with Crippen LogP contribution in [0.2, 0.25) is 0 Å². The summed E-state index contributed by atoms with van der Waals surface area (Å²) >= 11 is 0. The van der Waals surface area contributed by atoms with Crippen LogP contribution in [0.3, 0.4) is 0 Å². The first-order valence-corrected chi connectivity index (χ1v) is 18.7. The minimum absolute atomic E-state index is 0. The number of carbonyl (C=O) groups is 2. The third-order valence-corrected chi connectivity index (χ3v) is 10.1. The summed E-state index contributed by atoms with van der Waals surface area (Å²) in [6.45, 7) is 7.79. The van der Waals surface area contributed by atoms with E-state index in [4.69, 9.17) is 5.11 Å². The third-order valence-electron chi connectivity index (χ3n) is 10.1. The van der Waals surface area contributed by atoms with E-state index in [0.717, 1.165) is 58.0 Å². The van der Waals surface area contributed by atoms with Crippen molar-refractivity contribution in [1.82, 2.24) is 9.80 Å². The zero-order valence-corrected chi connectivity index (χ0v) is 35.3. The summed E-state index contributed by atoms with van der Waals surface area (Å²) in [4.78, 5) is 29.5. The summed E-state index contributed by atoms with van der Waals surface area (Å²) in [6, 6.07) is -0.752. The van der Waals surface area contributed by atoms with Crippen LogP contribution in [0.15, 0.2) is 12.2 Å². The van der Waals surface area contributed by atoms with Gasteiger partial charge in [-0.15, -0.1) is 0 Å². The number of nitrogens with zero attached hydrogens (tertiary/aromatic N) is 2. The van der Waals surface area contributed by atoms with Crippen molar-refractivity contribution in [2.24, 2.45) is 11.8 Å². The summed E-state index contributed by atoms with van der Waals surface area (Å²) in [5.41, 5.74) is 0. The van der Waals surface area contributed by atoms with Gasteiger partial charge in [0.05, 0.1) is 24.3 Å². The van der Waals surface area contributed by atoms with Gasteiger partial charge in [0.2, 0.25) is 0 Å². The minimum atomic E-state index is -0.685. The maximum atomic E-state index is 12.7. The van der Waals surface area contributed by atoms with Crippen LogP contribution < -0.4 is 0 Å². The van der Waals surface area contributed by atoms with Gasteiger partial charge in [-0.25, -0.2) is 0 Å². The van der Waals surface area contributed by atoms with E-state index < -0.39 is 18.2 Å².